The molecule has 132 valence electrons. The maximum Gasteiger partial charge on any atom is 0.232 e. The van der Waals surface area contributed by atoms with Gasteiger partial charge in [0.2, 0.25) is 17.6 Å². The number of amides is 1. The minimum Gasteiger partial charge on any atom is -0.339 e. The molecule has 3 aromatic rings. The molecule has 1 saturated heterocycles. The molecule has 2 heterocycles. The lowest BCUT2D eigenvalue weighted by Gasteiger charge is -2.17. The molecule has 0 aliphatic carbocycles. The Labute approximate surface area is 152 Å². The van der Waals surface area contributed by atoms with Gasteiger partial charge in [-0.3, -0.25) is 4.79 Å². The van der Waals surface area contributed by atoms with Gasteiger partial charge in [-0.05, 0) is 30.3 Å². The topological polar surface area (TPSA) is 59.2 Å². The van der Waals surface area contributed by atoms with E-state index in [9.17, 15) is 13.6 Å². The van der Waals surface area contributed by atoms with Gasteiger partial charge in [-0.15, -0.1) is 0 Å². The van der Waals surface area contributed by atoms with Crippen molar-refractivity contribution < 1.29 is 18.1 Å². The van der Waals surface area contributed by atoms with Gasteiger partial charge in [-0.25, -0.2) is 8.78 Å². The van der Waals surface area contributed by atoms with Crippen LogP contribution < -0.4 is 4.90 Å². The van der Waals surface area contributed by atoms with Crippen LogP contribution in [-0.2, 0) is 4.79 Å². The van der Waals surface area contributed by atoms with Crippen LogP contribution in [0.15, 0.2) is 47.0 Å². The molecular weight excluding hydrogens is 364 g/mol. The zero-order chi connectivity index (χ0) is 18.3. The number of anilines is 1. The minimum atomic E-state index is -0.474. The first kappa shape index (κ1) is 16.7. The standard InChI is InChI=1S/C18H12ClF2N3O2/c19-14-8-13(21)4-5-15(14)24-9-11(7-16(24)25)18-22-17(23-26-18)10-2-1-3-12(20)6-10/h1-6,8,11H,7,9H2. The molecule has 0 N–H and O–H groups in total. The molecule has 1 aliphatic rings. The second kappa shape index (κ2) is 6.49. The highest BCUT2D eigenvalue weighted by atomic mass is 35.5. The Hall–Kier alpha value is -2.80. The number of aromatic nitrogens is 2. The largest absolute Gasteiger partial charge is 0.339 e. The van der Waals surface area contributed by atoms with E-state index in [4.69, 9.17) is 16.1 Å². The number of hydrogen-bond donors (Lipinski definition) is 0. The van der Waals surface area contributed by atoms with Crippen LogP contribution in [-0.4, -0.2) is 22.6 Å². The Bertz CT molecular complexity index is 992. The zero-order valence-corrected chi connectivity index (χ0v) is 14.1. The average Bonchev–Trinajstić information content (AvgIpc) is 3.22. The van der Waals surface area contributed by atoms with Crippen molar-refractivity contribution in [3.05, 3.63) is 65.0 Å². The first-order valence-corrected chi connectivity index (χ1v) is 8.24. The van der Waals surface area contributed by atoms with Crippen LogP contribution in [0, 0.1) is 11.6 Å². The van der Waals surface area contributed by atoms with Crippen molar-refractivity contribution in [2.75, 3.05) is 11.4 Å². The predicted octanol–water partition coefficient (Wildman–Crippen LogP) is 4.19. The summed E-state index contributed by atoms with van der Waals surface area (Å²) < 4.78 is 31.8. The van der Waals surface area contributed by atoms with Gasteiger partial charge < -0.3 is 9.42 Å². The van der Waals surface area contributed by atoms with Gasteiger partial charge in [-0.1, -0.05) is 28.9 Å². The van der Waals surface area contributed by atoms with E-state index < -0.39 is 11.6 Å². The number of carbonyl (C=O) groups is 1. The molecule has 8 heteroatoms. The van der Waals surface area contributed by atoms with Gasteiger partial charge in [0.15, 0.2) is 0 Å². The van der Waals surface area contributed by atoms with Crippen LogP contribution in [0.3, 0.4) is 0 Å². The molecule has 0 saturated carbocycles. The Morgan fingerprint density at radius 3 is 2.73 bits per heavy atom. The van der Waals surface area contributed by atoms with E-state index in [0.29, 0.717) is 17.1 Å². The van der Waals surface area contributed by atoms with Crippen molar-refractivity contribution in [1.29, 1.82) is 0 Å². The normalized spacial score (nSPS) is 17.1. The Balaban J connectivity index is 1.58. The van der Waals surface area contributed by atoms with Gasteiger partial charge in [0.25, 0.3) is 0 Å². The summed E-state index contributed by atoms with van der Waals surface area (Å²) in [6.07, 6.45) is 0.165. The SMILES string of the molecule is O=C1CC(c2nc(-c3cccc(F)c3)no2)CN1c1ccc(F)cc1Cl. The summed E-state index contributed by atoms with van der Waals surface area (Å²) in [7, 11) is 0. The highest BCUT2D eigenvalue weighted by molar-refractivity contribution is 6.33. The molecule has 1 unspecified atom stereocenters. The summed E-state index contributed by atoms with van der Waals surface area (Å²) in [5.41, 5.74) is 0.924. The molecule has 0 spiro atoms. The summed E-state index contributed by atoms with van der Waals surface area (Å²) in [6.45, 7) is 0.287. The van der Waals surface area contributed by atoms with Crippen LogP contribution in [0.5, 0.6) is 0 Å². The zero-order valence-electron chi connectivity index (χ0n) is 13.3. The van der Waals surface area contributed by atoms with Crippen molar-refractivity contribution in [3.8, 4) is 11.4 Å². The Kier molecular flexibility index (Phi) is 4.16. The first-order valence-electron chi connectivity index (χ1n) is 7.86. The summed E-state index contributed by atoms with van der Waals surface area (Å²) >= 11 is 6.05. The van der Waals surface area contributed by atoms with E-state index in [1.807, 2.05) is 0 Å². The average molecular weight is 376 g/mol. The fraction of sp³-hybridized carbons (Fsp3) is 0.167. The summed E-state index contributed by atoms with van der Waals surface area (Å²) in [4.78, 5) is 18.1. The number of benzene rings is 2. The van der Waals surface area contributed by atoms with Gasteiger partial charge in [0.05, 0.1) is 16.6 Å². The molecule has 4 rings (SSSR count). The number of carbonyl (C=O) groups excluding carboxylic acids is 1. The monoisotopic (exact) mass is 375 g/mol. The second-order valence-electron chi connectivity index (χ2n) is 5.97. The van der Waals surface area contributed by atoms with Gasteiger partial charge in [-0.2, -0.15) is 4.98 Å². The van der Waals surface area contributed by atoms with Crippen molar-refractivity contribution in [3.63, 3.8) is 0 Å². The van der Waals surface area contributed by atoms with Crippen LogP contribution >= 0.6 is 11.6 Å². The van der Waals surface area contributed by atoms with Gasteiger partial charge in [0.1, 0.15) is 11.6 Å². The smallest absolute Gasteiger partial charge is 0.232 e. The lowest BCUT2D eigenvalue weighted by atomic mass is 10.1. The van der Waals surface area contributed by atoms with Crippen molar-refractivity contribution in [1.82, 2.24) is 10.1 Å². The van der Waals surface area contributed by atoms with E-state index in [1.165, 1.54) is 29.2 Å². The van der Waals surface area contributed by atoms with Crippen LogP contribution in [0.4, 0.5) is 14.5 Å². The molecule has 5 nitrogen and oxygen atoms in total. The molecule has 0 radical (unpaired) electrons. The Morgan fingerprint density at radius 2 is 1.96 bits per heavy atom. The van der Waals surface area contributed by atoms with E-state index >= 15 is 0 Å². The van der Waals surface area contributed by atoms with Gasteiger partial charge >= 0.3 is 0 Å². The number of rotatable bonds is 3. The molecule has 0 bridgehead atoms. The second-order valence-corrected chi connectivity index (χ2v) is 6.37. The molecule has 1 aliphatic heterocycles. The number of hydrogen-bond acceptors (Lipinski definition) is 4. The van der Waals surface area contributed by atoms with E-state index in [2.05, 4.69) is 10.1 Å². The highest BCUT2D eigenvalue weighted by Crippen LogP contribution is 2.35. The summed E-state index contributed by atoms with van der Waals surface area (Å²) in [5, 5.41) is 4.02. The van der Waals surface area contributed by atoms with Crippen LogP contribution in [0.25, 0.3) is 11.4 Å². The molecule has 1 aromatic heterocycles. The van der Waals surface area contributed by atoms with Crippen LogP contribution in [0.1, 0.15) is 18.2 Å². The maximum atomic E-state index is 13.3. The first-order chi connectivity index (χ1) is 12.5. The Morgan fingerprint density at radius 1 is 1.15 bits per heavy atom. The molecule has 2 aromatic carbocycles. The summed E-state index contributed by atoms with van der Waals surface area (Å²) in [6, 6.07) is 9.72. The lowest BCUT2D eigenvalue weighted by molar-refractivity contribution is -0.117. The minimum absolute atomic E-state index is 0.157. The quantitative estimate of drug-likeness (QED) is 0.688. The van der Waals surface area contributed by atoms with Crippen LogP contribution in [0.2, 0.25) is 5.02 Å². The highest BCUT2D eigenvalue weighted by Gasteiger charge is 2.36. The number of halogens is 3. The van der Waals surface area contributed by atoms with E-state index in [0.717, 1.165) is 6.07 Å². The van der Waals surface area contributed by atoms with Crippen molar-refractivity contribution in [2.45, 2.75) is 12.3 Å². The fourth-order valence-corrected chi connectivity index (χ4v) is 3.22. The lowest BCUT2D eigenvalue weighted by Crippen LogP contribution is -2.24. The molecular formula is C18H12ClF2N3O2. The van der Waals surface area contributed by atoms with E-state index in [-0.39, 0.29) is 35.6 Å². The predicted molar refractivity (Wildman–Crippen MR) is 90.8 cm³/mol. The maximum absolute atomic E-state index is 13.3. The molecule has 1 fully saturated rings. The molecule has 1 amide bonds. The summed E-state index contributed by atoms with van der Waals surface area (Å²) in [5.74, 6) is -0.823. The molecule has 1 atom stereocenters. The third-order valence-corrected chi connectivity index (χ3v) is 4.50. The van der Waals surface area contributed by atoms with Crippen molar-refractivity contribution >= 4 is 23.2 Å². The third-order valence-electron chi connectivity index (χ3n) is 4.20. The van der Waals surface area contributed by atoms with E-state index in [1.54, 1.807) is 12.1 Å². The fourth-order valence-electron chi connectivity index (χ4n) is 2.95. The molecule has 26 heavy (non-hydrogen) atoms. The number of nitrogens with zero attached hydrogens (tertiary/aromatic N) is 3. The van der Waals surface area contributed by atoms with Gasteiger partial charge in [0, 0.05) is 18.5 Å². The third kappa shape index (κ3) is 3.06. The van der Waals surface area contributed by atoms with Crippen molar-refractivity contribution in [2.24, 2.45) is 0 Å².